The van der Waals surface area contributed by atoms with Crippen molar-refractivity contribution in [2.24, 2.45) is 11.0 Å². The van der Waals surface area contributed by atoms with Gasteiger partial charge in [-0.2, -0.15) is 10.1 Å². The van der Waals surface area contributed by atoms with Gasteiger partial charge in [-0.05, 0) is 61.2 Å². The number of hydrogen-bond acceptors (Lipinski definition) is 8. The van der Waals surface area contributed by atoms with E-state index in [-0.39, 0.29) is 22.2 Å². The molecule has 0 aromatic heterocycles. The first-order valence-corrected chi connectivity index (χ1v) is 13.8. The molecule has 0 bridgehead atoms. The Kier molecular flexibility index (Phi) is 6.65. The molecule has 1 unspecified atom stereocenters. The van der Waals surface area contributed by atoms with Crippen LogP contribution in [0.5, 0.6) is 0 Å². The van der Waals surface area contributed by atoms with E-state index in [1.165, 1.54) is 0 Å². The molecule has 4 aromatic rings. The van der Waals surface area contributed by atoms with E-state index in [9.17, 15) is 19.2 Å². The van der Waals surface area contributed by atoms with E-state index in [2.05, 4.69) is 28.1 Å². The van der Waals surface area contributed by atoms with E-state index in [1.807, 2.05) is 24.3 Å². The zero-order valence-corrected chi connectivity index (χ0v) is 22.3. The SMILES string of the molecule is Cc1ccc2c(c1NN=c1c(=O)c3ccc(SCC4C=CC=CC4)cc3c1=O)C(=O)N(Nc1ccccc1)C2=O. The second-order valence-corrected chi connectivity index (χ2v) is 10.8. The van der Waals surface area contributed by atoms with Crippen LogP contribution in [0.4, 0.5) is 11.4 Å². The number of hydrazine groups is 1. The number of para-hydroxylation sites is 1. The van der Waals surface area contributed by atoms with E-state index >= 15 is 0 Å². The molecule has 4 aromatic carbocycles. The number of imide groups is 1. The van der Waals surface area contributed by atoms with Crippen LogP contribution in [0.2, 0.25) is 0 Å². The van der Waals surface area contributed by atoms with Gasteiger partial charge in [0.25, 0.3) is 11.8 Å². The standard InChI is InChI=1S/C31H24N4O4S/c1-18-12-14-23-25(31(39)35(30(23)38)34-20-10-6-3-7-11-20)26(18)32-33-27-28(36)22-15-13-21(16-24(22)29(27)37)40-17-19-8-4-2-5-9-19/h2-8,10-16,19,32,34H,9,17H2,1H3. The average molecular weight is 549 g/mol. The van der Waals surface area contributed by atoms with E-state index in [0.29, 0.717) is 27.9 Å². The number of fused-ring (bicyclic) bond motifs is 2. The molecule has 1 aliphatic heterocycles. The van der Waals surface area contributed by atoms with E-state index in [1.54, 1.807) is 67.2 Å². The molecule has 2 aliphatic rings. The first-order valence-electron chi connectivity index (χ1n) is 12.8. The number of hydrogen-bond donors (Lipinski definition) is 2. The number of rotatable bonds is 7. The third-order valence-corrected chi connectivity index (χ3v) is 8.18. The Labute approximate surface area is 233 Å². The first-order chi connectivity index (χ1) is 19.4. The number of aryl methyl sites for hydroxylation is 1. The summed E-state index contributed by atoms with van der Waals surface area (Å²) >= 11 is 1.64. The minimum Gasteiger partial charge on any atom is -0.288 e. The fraction of sp³-hybridized carbons (Fsp3) is 0.129. The van der Waals surface area contributed by atoms with Crippen molar-refractivity contribution in [3.8, 4) is 0 Å². The Morgan fingerprint density at radius 3 is 2.50 bits per heavy atom. The fourth-order valence-corrected chi connectivity index (χ4v) is 5.87. The fourth-order valence-electron chi connectivity index (χ4n) is 4.85. The van der Waals surface area contributed by atoms with Crippen LogP contribution in [0.15, 0.2) is 105 Å². The summed E-state index contributed by atoms with van der Waals surface area (Å²) < 4.78 is 0. The van der Waals surface area contributed by atoms with Crippen molar-refractivity contribution >= 4 is 45.7 Å². The topological polar surface area (TPSA) is 108 Å². The van der Waals surface area contributed by atoms with Crippen molar-refractivity contribution in [1.29, 1.82) is 0 Å². The number of carbonyl (C=O) groups is 2. The number of anilines is 2. The van der Waals surface area contributed by atoms with E-state index < -0.39 is 22.7 Å². The second-order valence-electron chi connectivity index (χ2n) is 9.66. The lowest BCUT2D eigenvalue weighted by Gasteiger charge is -2.16. The van der Waals surface area contributed by atoms with Crippen LogP contribution in [0, 0.1) is 12.8 Å². The number of thioether (sulfide) groups is 1. The molecule has 2 amide bonds. The Hall–Kier alpha value is -4.76. The normalized spacial score (nSPS) is 16.7. The third-order valence-electron chi connectivity index (χ3n) is 7.00. The molecular weight excluding hydrogens is 524 g/mol. The van der Waals surface area contributed by atoms with Crippen LogP contribution in [-0.2, 0) is 0 Å². The molecule has 40 heavy (non-hydrogen) atoms. The van der Waals surface area contributed by atoms with Crippen molar-refractivity contribution in [2.75, 3.05) is 16.6 Å². The van der Waals surface area contributed by atoms with Gasteiger partial charge in [-0.3, -0.25) is 30.0 Å². The summed E-state index contributed by atoms with van der Waals surface area (Å²) in [5, 5.41) is 5.47. The third kappa shape index (κ3) is 4.54. The minimum atomic E-state index is -0.562. The quantitative estimate of drug-likeness (QED) is 0.199. The van der Waals surface area contributed by atoms with Crippen molar-refractivity contribution < 1.29 is 9.59 Å². The minimum absolute atomic E-state index is 0.124. The highest BCUT2D eigenvalue weighted by Crippen LogP contribution is 2.32. The highest BCUT2D eigenvalue weighted by atomic mass is 32.2. The molecule has 1 heterocycles. The maximum Gasteiger partial charge on any atom is 0.282 e. The van der Waals surface area contributed by atoms with Gasteiger partial charge in [-0.1, -0.05) is 48.6 Å². The van der Waals surface area contributed by atoms with Crippen LogP contribution in [0.1, 0.15) is 32.7 Å². The van der Waals surface area contributed by atoms with Crippen molar-refractivity contribution in [3.63, 3.8) is 0 Å². The number of carbonyl (C=O) groups excluding carboxylic acids is 2. The maximum absolute atomic E-state index is 13.3. The molecule has 8 nitrogen and oxygen atoms in total. The lowest BCUT2D eigenvalue weighted by Crippen LogP contribution is -2.35. The summed E-state index contributed by atoms with van der Waals surface area (Å²) in [6, 6.07) is 17.4. The molecule has 0 spiro atoms. The summed E-state index contributed by atoms with van der Waals surface area (Å²) in [6.45, 7) is 1.75. The smallest absolute Gasteiger partial charge is 0.282 e. The summed E-state index contributed by atoms with van der Waals surface area (Å²) in [6.07, 6.45) is 9.36. The number of amides is 2. The largest absolute Gasteiger partial charge is 0.288 e. The van der Waals surface area contributed by atoms with E-state index in [4.69, 9.17) is 0 Å². The van der Waals surface area contributed by atoms with Crippen molar-refractivity contribution in [3.05, 3.63) is 127 Å². The van der Waals surface area contributed by atoms with E-state index in [0.717, 1.165) is 22.1 Å². The summed E-state index contributed by atoms with van der Waals surface area (Å²) in [5.74, 6) is 0.217. The first kappa shape index (κ1) is 25.5. The highest BCUT2D eigenvalue weighted by Gasteiger charge is 2.38. The molecule has 198 valence electrons. The molecule has 0 radical (unpaired) electrons. The molecule has 0 fully saturated rings. The Balaban J connectivity index is 1.30. The van der Waals surface area contributed by atoms with Gasteiger partial charge in [0.1, 0.15) is 0 Å². The predicted octanol–water partition coefficient (Wildman–Crippen LogP) is 4.52. The van der Waals surface area contributed by atoms with Crippen LogP contribution in [0.3, 0.4) is 0 Å². The molecule has 0 saturated heterocycles. The zero-order valence-electron chi connectivity index (χ0n) is 21.5. The van der Waals surface area contributed by atoms with Crippen molar-refractivity contribution in [2.45, 2.75) is 18.2 Å². The van der Waals surface area contributed by atoms with Crippen LogP contribution in [-0.4, -0.2) is 22.6 Å². The van der Waals surface area contributed by atoms with Gasteiger partial charge in [-0.15, -0.1) is 11.8 Å². The maximum atomic E-state index is 13.3. The lowest BCUT2D eigenvalue weighted by molar-refractivity contribution is 0.0691. The number of nitrogens with one attached hydrogen (secondary N) is 2. The number of nitrogens with zero attached hydrogens (tertiary/aromatic N) is 2. The molecule has 9 heteroatoms. The van der Waals surface area contributed by atoms with Gasteiger partial charge >= 0.3 is 0 Å². The Morgan fingerprint density at radius 2 is 1.73 bits per heavy atom. The predicted molar refractivity (Wildman–Crippen MR) is 157 cm³/mol. The molecule has 1 atom stereocenters. The lowest BCUT2D eigenvalue weighted by atomic mass is 10.0. The Bertz CT molecular complexity index is 1890. The molecule has 2 N–H and O–H groups in total. The van der Waals surface area contributed by atoms with Crippen LogP contribution < -0.4 is 27.1 Å². The van der Waals surface area contributed by atoms with Gasteiger partial charge in [0, 0.05) is 21.4 Å². The highest BCUT2D eigenvalue weighted by molar-refractivity contribution is 7.99. The number of allylic oxidation sites excluding steroid dienone is 4. The summed E-state index contributed by atoms with van der Waals surface area (Å²) in [5.41, 5.74) is 6.45. The van der Waals surface area contributed by atoms with Gasteiger partial charge < -0.3 is 0 Å². The number of benzene rings is 3. The second kappa shape index (κ2) is 10.4. The van der Waals surface area contributed by atoms with Gasteiger partial charge in [0.05, 0.1) is 22.5 Å². The molecular formula is C31H24N4O4S. The van der Waals surface area contributed by atoms with Crippen LogP contribution >= 0.6 is 11.8 Å². The molecule has 0 saturated carbocycles. The van der Waals surface area contributed by atoms with Gasteiger partial charge in [-0.25, -0.2) is 0 Å². The summed E-state index contributed by atoms with van der Waals surface area (Å²) in [7, 11) is 0. The van der Waals surface area contributed by atoms with Crippen molar-refractivity contribution in [1.82, 2.24) is 5.01 Å². The van der Waals surface area contributed by atoms with Crippen LogP contribution in [0.25, 0.3) is 10.8 Å². The zero-order chi connectivity index (χ0) is 27.8. The monoisotopic (exact) mass is 548 g/mol. The average Bonchev–Trinajstić information content (AvgIpc) is 3.36. The Morgan fingerprint density at radius 1 is 0.925 bits per heavy atom. The van der Waals surface area contributed by atoms with Gasteiger partial charge in [0.15, 0.2) is 5.36 Å². The molecule has 6 rings (SSSR count). The van der Waals surface area contributed by atoms with Gasteiger partial charge in [0.2, 0.25) is 10.9 Å². The summed E-state index contributed by atoms with van der Waals surface area (Å²) in [4.78, 5) is 53.6. The molecule has 1 aliphatic carbocycles.